The first-order valence-electron chi connectivity index (χ1n) is 24.2. The van der Waals surface area contributed by atoms with Crippen molar-refractivity contribution in [3.63, 3.8) is 0 Å². The van der Waals surface area contributed by atoms with Crippen LogP contribution >= 0.6 is 15.9 Å². The number of carbonyl (C=O) groups is 2. The highest BCUT2D eigenvalue weighted by molar-refractivity contribution is 9.09. The number of ether oxygens (including phenoxy) is 1. The summed E-state index contributed by atoms with van der Waals surface area (Å²) in [5.41, 5.74) is -3.66. The number of Topliss-reactive ketones (excluding diaryl/α,β-unsaturated/α-hetero) is 2. The van der Waals surface area contributed by atoms with E-state index in [1.54, 1.807) is 12.3 Å². The summed E-state index contributed by atoms with van der Waals surface area (Å²) in [7, 11) is 0. The molecule has 16 atom stereocenters. The fraction of sp³-hybridized carbons (Fsp3) is 0.800. The van der Waals surface area contributed by atoms with Gasteiger partial charge in [-0.1, -0.05) is 29.8 Å². The third-order valence-corrected chi connectivity index (χ3v) is 19.6. The van der Waals surface area contributed by atoms with Gasteiger partial charge in [-0.25, -0.2) is 8.78 Å². The van der Waals surface area contributed by atoms with Crippen LogP contribution in [-0.4, -0.2) is 76.7 Å². The molecule has 0 saturated heterocycles. The van der Waals surface area contributed by atoms with Crippen molar-refractivity contribution in [1.29, 1.82) is 0 Å². The highest BCUT2D eigenvalue weighted by atomic mass is 79.9. The van der Waals surface area contributed by atoms with E-state index < -0.39 is 22.5 Å². The number of aromatic nitrogens is 4. The van der Waals surface area contributed by atoms with Gasteiger partial charge in [0.25, 0.3) is 0 Å². The Bertz CT molecular complexity index is 1990. The number of hydrogen-bond acceptors (Lipinski definition) is 9. The van der Waals surface area contributed by atoms with Crippen LogP contribution in [0.25, 0.3) is 0 Å². The fourth-order valence-corrected chi connectivity index (χ4v) is 16.4. The molecule has 8 aliphatic carbocycles. The molecular formula is C50H71BrF2N4O6. The molecule has 0 amide bonds. The molecule has 10 nitrogen and oxygen atoms in total. The lowest BCUT2D eigenvalue weighted by atomic mass is 9.48. The maximum atomic E-state index is 16.4. The van der Waals surface area contributed by atoms with Gasteiger partial charge in [-0.15, -0.1) is 0 Å². The van der Waals surface area contributed by atoms with E-state index in [4.69, 9.17) is 4.74 Å². The van der Waals surface area contributed by atoms with Crippen molar-refractivity contribution in [2.45, 2.75) is 166 Å². The highest BCUT2D eigenvalue weighted by Gasteiger charge is 2.65. The SMILES string of the molecule is C[C@@]1(O)CC[C@@]2(F)[C@H](CC[C@H]3[C@@H]4CC[C@H](C(=O)CBr)[C@@]4(C)CC[C@@H]32)C1.C[C@@]1(O)CC[C@@]2(F)[C@H](CC[C@H]3[C@@H]4CC[C@H](C(=O)COc5ccnnc5)[C@@]4(C)CC[C@@H]32)C1.O=c1cc[nH]nc1. The minimum absolute atomic E-state index is 0.00591. The number of hydrogen-bond donors (Lipinski definition) is 3. The third-order valence-electron chi connectivity index (χ3n) is 19.1. The van der Waals surface area contributed by atoms with Gasteiger partial charge in [0.1, 0.15) is 29.5 Å². The van der Waals surface area contributed by atoms with Gasteiger partial charge in [0.2, 0.25) is 0 Å². The Morgan fingerprint density at radius 3 is 1.68 bits per heavy atom. The molecule has 8 saturated carbocycles. The Balaban J connectivity index is 0.000000152. The second kappa shape index (κ2) is 17.9. The largest absolute Gasteiger partial charge is 0.484 e. The van der Waals surface area contributed by atoms with Crippen LogP contribution in [0.2, 0.25) is 0 Å². The monoisotopic (exact) mass is 940 g/mol. The van der Waals surface area contributed by atoms with Crippen LogP contribution in [0, 0.1) is 70.0 Å². The number of nitrogens with one attached hydrogen (secondary N) is 1. The molecule has 2 aromatic rings. The third kappa shape index (κ3) is 8.87. The molecule has 3 N–H and O–H groups in total. The number of alkyl halides is 3. The van der Waals surface area contributed by atoms with Gasteiger partial charge < -0.3 is 14.9 Å². The van der Waals surface area contributed by atoms with Gasteiger partial charge in [-0.3, -0.25) is 19.5 Å². The maximum Gasteiger partial charge on any atom is 0.200 e. The molecule has 0 spiro atoms. The molecule has 63 heavy (non-hydrogen) atoms. The Kier molecular flexibility index (Phi) is 13.3. The molecule has 0 unspecified atom stereocenters. The van der Waals surface area contributed by atoms with E-state index in [0.717, 1.165) is 77.0 Å². The van der Waals surface area contributed by atoms with Gasteiger partial charge in [0, 0.05) is 30.2 Å². The molecule has 2 heterocycles. The molecule has 0 aromatic carbocycles. The van der Waals surface area contributed by atoms with Crippen LogP contribution < -0.4 is 10.2 Å². The van der Waals surface area contributed by atoms with Crippen LogP contribution in [0.15, 0.2) is 41.7 Å². The van der Waals surface area contributed by atoms with E-state index in [1.807, 2.05) is 13.8 Å². The lowest BCUT2D eigenvalue weighted by Crippen LogP contribution is -2.58. The number of aromatic amines is 1. The minimum Gasteiger partial charge on any atom is -0.484 e. The first-order valence-corrected chi connectivity index (χ1v) is 25.3. The van der Waals surface area contributed by atoms with Crippen molar-refractivity contribution in [2.75, 3.05) is 11.9 Å². The predicted molar refractivity (Wildman–Crippen MR) is 239 cm³/mol. The van der Waals surface area contributed by atoms with Crippen molar-refractivity contribution < 1.29 is 33.3 Å². The minimum atomic E-state index is -1.13. The van der Waals surface area contributed by atoms with E-state index in [2.05, 4.69) is 50.2 Å². The van der Waals surface area contributed by atoms with E-state index in [-0.39, 0.29) is 64.2 Å². The zero-order chi connectivity index (χ0) is 45.0. The topological polar surface area (TPSA) is 155 Å². The van der Waals surface area contributed by atoms with Crippen LogP contribution in [-0.2, 0) is 9.59 Å². The Morgan fingerprint density at radius 1 is 0.698 bits per heavy atom. The first-order chi connectivity index (χ1) is 29.8. The van der Waals surface area contributed by atoms with Gasteiger partial charge in [0.05, 0.1) is 35.1 Å². The van der Waals surface area contributed by atoms with Crippen LogP contribution in [0.5, 0.6) is 5.75 Å². The summed E-state index contributed by atoms with van der Waals surface area (Å²) < 4.78 is 38.3. The predicted octanol–water partition coefficient (Wildman–Crippen LogP) is 9.37. The fourth-order valence-electron chi connectivity index (χ4n) is 16.0. The molecule has 10 rings (SSSR count). The van der Waals surface area contributed by atoms with Crippen LogP contribution in [0.4, 0.5) is 8.78 Å². The van der Waals surface area contributed by atoms with Gasteiger partial charge in [0.15, 0.2) is 11.2 Å². The van der Waals surface area contributed by atoms with Gasteiger partial charge >= 0.3 is 0 Å². The molecule has 348 valence electrons. The average Bonchev–Trinajstić information content (AvgIpc) is 3.81. The first kappa shape index (κ1) is 46.9. The second-order valence-electron chi connectivity index (χ2n) is 22.5. The second-order valence-corrected chi connectivity index (χ2v) is 23.0. The number of H-pyrrole nitrogens is 1. The van der Waals surface area contributed by atoms with Crippen molar-refractivity contribution in [3.05, 3.63) is 47.1 Å². The van der Waals surface area contributed by atoms with Crippen molar-refractivity contribution >= 4 is 27.5 Å². The maximum absolute atomic E-state index is 16.4. The van der Waals surface area contributed by atoms with E-state index in [0.29, 0.717) is 79.1 Å². The average molecular weight is 942 g/mol. The molecule has 0 aliphatic heterocycles. The standard InChI is InChI=1S/C25H35FN2O3.C21H32BrFO2.C4H4N2O/c1-23(30)10-11-25(26)16(13-23)3-4-18-19-5-6-21(24(19,2)9-7-20(18)25)22(29)15-31-17-8-12-27-28-14-17;1-19(25)9-10-21(23)13(11-19)3-4-14-15-5-6-17(18(24)12-22)20(15,2)8-7-16(14)21;7-4-1-2-5-6-3-4/h8,12,14,16,18-21,30H,3-7,9-11,13,15H2,1-2H3;13-17,25H,3-12H2,1-2H3;1-3H,(H,5,7)/t16-,18+,19+,20+,21-,23-,24+,25-;13-,14+,15+,16+,17-,19-,20+,21-;/m11./s1. The van der Waals surface area contributed by atoms with Crippen molar-refractivity contribution in [3.8, 4) is 5.75 Å². The number of fused-ring (bicyclic) bond motifs is 10. The normalized spacial score (nSPS) is 45.7. The molecule has 8 fully saturated rings. The molecule has 0 bridgehead atoms. The number of carbonyl (C=O) groups excluding carboxylic acids is 2. The molecular weight excluding hydrogens is 870 g/mol. The summed E-state index contributed by atoms with van der Waals surface area (Å²) in [5.74, 6) is 3.23. The van der Waals surface area contributed by atoms with E-state index >= 15 is 8.78 Å². The quantitative estimate of drug-likeness (QED) is 0.240. The summed E-state index contributed by atoms with van der Waals surface area (Å²) >= 11 is 3.37. The summed E-state index contributed by atoms with van der Waals surface area (Å²) in [4.78, 5) is 35.8. The van der Waals surface area contributed by atoms with Crippen molar-refractivity contribution in [1.82, 2.24) is 20.4 Å². The molecule has 0 radical (unpaired) electrons. The number of aliphatic hydroxyl groups is 2. The number of halogens is 3. The van der Waals surface area contributed by atoms with Gasteiger partial charge in [-0.2, -0.15) is 15.3 Å². The Hall–Kier alpha value is -2.64. The van der Waals surface area contributed by atoms with Crippen LogP contribution in [0.3, 0.4) is 0 Å². The van der Waals surface area contributed by atoms with Gasteiger partial charge in [-0.05, 0) is 188 Å². The summed E-state index contributed by atoms with van der Waals surface area (Å²) in [6.45, 7) is 8.41. The lowest BCUT2D eigenvalue weighted by Gasteiger charge is -2.59. The lowest BCUT2D eigenvalue weighted by molar-refractivity contribution is -0.166. The summed E-state index contributed by atoms with van der Waals surface area (Å²) in [5, 5.41) is 34.9. The van der Waals surface area contributed by atoms with Crippen molar-refractivity contribution in [2.24, 2.45) is 70.0 Å². The van der Waals surface area contributed by atoms with Crippen LogP contribution in [0.1, 0.15) is 143 Å². The molecule has 2 aromatic heterocycles. The number of rotatable bonds is 6. The summed E-state index contributed by atoms with van der Waals surface area (Å²) in [6, 6.07) is 3.12. The Morgan fingerprint density at radius 2 is 1.24 bits per heavy atom. The zero-order valence-electron chi connectivity index (χ0n) is 37.9. The highest BCUT2D eigenvalue weighted by Crippen LogP contribution is 2.68. The smallest absolute Gasteiger partial charge is 0.200 e. The van der Waals surface area contributed by atoms with E-state index in [1.165, 1.54) is 24.7 Å². The molecule has 13 heteroatoms. The zero-order valence-corrected chi connectivity index (χ0v) is 39.5. The van der Waals surface area contributed by atoms with E-state index in [9.17, 15) is 24.6 Å². The molecule has 8 aliphatic rings. The summed E-state index contributed by atoms with van der Waals surface area (Å²) in [6.07, 6.45) is 20.8. The number of ketones is 2. The Labute approximate surface area is 380 Å². The number of nitrogens with zero attached hydrogens (tertiary/aromatic N) is 3.